The Bertz CT molecular complexity index is 705. The summed E-state index contributed by atoms with van der Waals surface area (Å²) in [6.45, 7) is 0. The molecule has 1 saturated carbocycles. The summed E-state index contributed by atoms with van der Waals surface area (Å²) in [4.78, 5) is 23.8. The van der Waals surface area contributed by atoms with Crippen molar-refractivity contribution in [3.63, 3.8) is 0 Å². The van der Waals surface area contributed by atoms with Crippen LogP contribution in [0.4, 0.5) is 0 Å². The third-order valence-electron chi connectivity index (χ3n) is 4.53. The third-order valence-corrected chi connectivity index (χ3v) is 4.53. The summed E-state index contributed by atoms with van der Waals surface area (Å²) in [6, 6.07) is 9.30. The second-order valence-electron chi connectivity index (χ2n) is 6.20. The molecule has 1 atom stereocenters. The zero-order valence-electron chi connectivity index (χ0n) is 13.4. The molecule has 6 heteroatoms. The fraction of sp³-hybridized carbons (Fsp3) is 0.389. The second kappa shape index (κ2) is 7.29. The summed E-state index contributed by atoms with van der Waals surface area (Å²) >= 11 is 0. The number of carboxylic acids is 1. The van der Waals surface area contributed by atoms with Crippen LogP contribution in [0.25, 0.3) is 0 Å². The summed E-state index contributed by atoms with van der Waals surface area (Å²) in [7, 11) is 0. The van der Waals surface area contributed by atoms with Gasteiger partial charge in [0.05, 0.1) is 0 Å². The van der Waals surface area contributed by atoms with E-state index >= 15 is 0 Å². The molecular weight excluding hydrogens is 306 g/mol. The van der Waals surface area contributed by atoms with Gasteiger partial charge in [-0.2, -0.15) is 5.10 Å². The van der Waals surface area contributed by atoms with Gasteiger partial charge in [-0.3, -0.25) is 9.89 Å². The lowest BCUT2D eigenvalue weighted by Gasteiger charge is -2.19. The van der Waals surface area contributed by atoms with Gasteiger partial charge in [-0.05, 0) is 24.5 Å². The Balaban J connectivity index is 1.71. The number of hydrogen-bond donors (Lipinski definition) is 3. The number of aromatic nitrogens is 2. The van der Waals surface area contributed by atoms with Crippen LogP contribution in [-0.2, 0) is 4.79 Å². The predicted molar refractivity (Wildman–Crippen MR) is 88.7 cm³/mol. The molecule has 1 aromatic carbocycles. The molecular formula is C18H21N3O3. The van der Waals surface area contributed by atoms with Gasteiger partial charge in [-0.25, -0.2) is 4.79 Å². The zero-order valence-corrected chi connectivity index (χ0v) is 13.4. The van der Waals surface area contributed by atoms with Crippen LogP contribution in [0.1, 0.15) is 65.8 Å². The minimum atomic E-state index is -1.10. The first-order valence-electron chi connectivity index (χ1n) is 8.29. The number of amides is 1. The third kappa shape index (κ3) is 3.64. The summed E-state index contributed by atoms with van der Waals surface area (Å²) in [5.41, 5.74) is 1.73. The summed E-state index contributed by atoms with van der Waals surface area (Å²) in [6.07, 6.45) is 5.85. The number of aliphatic carboxylic acids is 1. The van der Waals surface area contributed by atoms with E-state index in [2.05, 4.69) is 15.5 Å². The Morgan fingerprint density at radius 3 is 2.54 bits per heavy atom. The smallest absolute Gasteiger partial charge is 0.330 e. The Hall–Kier alpha value is -2.63. The first kappa shape index (κ1) is 16.2. The largest absolute Gasteiger partial charge is 0.479 e. The molecule has 0 bridgehead atoms. The van der Waals surface area contributed by atoms with E-state index in [1.54, 1.807) is 36.4 Å². The lowest BCUT2D eigenvalue weighted by molar-refractivity contribution is -0.139. The highest BCUT2D eigenvalue weighted by Crippen LogP contribution is 2.31. The van der Waals surface area contributed by atoms with Gasteiger partial charge in [0.1, 0.15) is 5.69 Å². The van der Waals surface area contributed by atoms with Crippen LogP contribution in [0, 0.1) is 0 Å². The summed E-state index contributed by atoms with van der Waals surface area (Å²) in [5, 5.41) is 18.9. The molecule has 24 heavy (non-hydrogen) atoms. The number of carboxylic acid groups (broad SMARTS) is 1. The maximum absolute atomic E-state index is 12.4. The van der Waals surface area contributed by atoms with Crippen molar-refractivity contribution in [2.75, 3.05) is 0 Å². The molecule has 0 spiro atoms. The quantitative estimate of drug-likeness (QED) is 0.786. The van der Waals surface area contributed by atoms with Gasteiger partial charge in [-0.15, -0.1) is 0 Å². The molecule has 2 aromatic rings. The fourth-order valence-electron chi connectivity index (χ4n) is 3.21. The Kier molecular flexibility index (Phi) is 4.93. The first-order valence-corrected chi connectivity index (χ1v) is 8.29. The molecule has 126 valence electrons. The molecule has 1 fully saturated rings. The van der Waals surface area contributed by atoms with Gasteiger partial charge in [-0.1, -0.05) is 49.6 Å². The molecule has 0 radical (unpaired) electrons. The number of H-pyrrole nitrogens is 1. The van der Waals surface area contributed by atoms with Crippen molar-refractivity contribution < 1.29 is 14.7 Å². The number of carbonyl (C=O) groups excluding carboxylic acids is 1. The van der Waals surface area contributed by atoms with Crippen molar-refractivity contribution in [2.24, 2.45) is 0 Å². The Morgan fingerprint density at radius 2 is 1.88 bits per heavy atom. The number of carbonyl (C=O) groups is 2. The minimum Gasteiger partial charge on any atom is -0.479 e. The number of hydrogen-bond acceptors (Lipinski definition) is 3. The van der Waals surface area contributed by atoms with Gasteiger partial charge in [0.15, 0.2) is 6.04 Å². The fourth-order valence-corrected chi connectivity index (χ4v) is 3.21. The lowest BCUT2D eigenvalue weighted by Crippen LogP contribution is -2.33. The van der Waals surface area contributed by atoms with Gasteiger partial charge in [0.2, 0.25) is 0 Å². The number of nitrogens with zero attached hydrogens (tertiary/aromatic N) is 1. The van der Waals surface area contributed by atoms with Crippen LogP contribution in [-0.4, -0.2) is 27.2 Å². The molecule has 1 amide bonds. The number of rotatable bonds is 5. The Labute approximate surface area is 140 Å². The average molecular weight is 327 g/mol. The molecule has 0 unspecified atom stereocenters. The van der Waals surface area contributed by atoms with E-state index < -0.39 is 17.9 Å². The predicted octanol–water partition coefficient (Wildman–Crippen LogP) is 3.01. The molecule has 1 aromatic heterocycles. The zero-order chi connectivity index (χ0) is 16.9. The van der Waals surface area contributed by atoms with E-state index in [-0.39, 0.29) is 5.69 Å². The summed E-state index contributed by atoms with van der Waals surface area (Å²) < 4.78 is 0. The van der Waals surface area contributed by atoms with Crippen molar-refractivity contribution in [1.82, 2.24) is 15.5 Å². The van der Waals surface area contributed by atoms with Crippen LogP contribution in [0.2, 0.25) is 0 Å². The highest BCUT2D eigenvalue weighted by atomic mass is 16.4. The maximum Gasteiger partial charge on any atom is 0.330 e. The maximum atomic E-state index is 12.4. The van der Waals surface area contributed by atoms with Crippen molar-refractivity contribution in [1.29, 1.82) is 0 Å². The topological polar surface area (TPSA) is 95.1 Å². The molecule has 3 N–H and O–H groups in total. The van der Waals surface area contributed by atoms with Crippen molar-refractivity contribution in [3.05, 3.63) is 53.3 Å². The molecule has 0 saturated heterocycles. The molecule has 1 aliphatic rings. The van der Waals surface area contributed by atoms with Crippen molar-refractivity contribution in [2.45, 2.75) is 44.1 Å². The molecule has 3 rings (SSSR count). The van der Waals surface area contributed by atoms with Crippen LogP contribution >= 0.6 is 0 Å². The van der Waals surface area contributed by atoms with Gasteiger partial charge < -0.3 is 10.4 Å². The van der Waals surface area contributed by atoms with E-state index in [1.165, 1.54) is 19.3 Å². The van der Waals surface area contributed by atoms with E-state index in [1.807, 2.05) is 0 Å². The monoisotopic (exact) mass is 327 g/mol. The van der Waals surface area contributed by atoms with Crippen LogP contribution in [0.3, 0.4) is 0 Å². The van der Waals surface area contributed by atoms with Gasteiger partial charge in [0, 0.05) is 11.6 Å². The second-order valence-corrected chi connectivity index (χ2v) is 6.20. The van der Waals surface area contributed by atoms with Crippen LogP contribution < -0.4 is 5.32 Å². The highest BCUT2D eigenvalue weighted by molar-refractivity contribution is 5.95. The van der Waals surface area contributed by atoms with E-state index in [0.717, 1.165) is 18.5 Å². The first-order chi connectivity index (χ1) is 11.6. The molecule has 1 aliphatic carbocycles. The van der Waals surface area contributed by atoms with Crippen LogP contribution in [0.15, 0.2) is 36.4 Å². The van der Waals surface area contributed by atoms with Crippen molar-refractivity contribution >= 4 is 11.9 Å². The molecule has 1 heterocycles. The lowest BCUT2D eigenvalue weighted by atomic mass is 9.87. The number of aromatic amines is 1. The van der Waals surface area contributed by atoms with Crippen LogP contribution in [0.5, 0.6) is 0 Å². The normalized spacial score (nSPS) is 16.5. The SMILES string of the molecule is O=C(N[C@@H](C(=O)O)c1ccccc1)c1cc(C2CCCCC2)[nH]n1. The Morgan fingerprint density at radius 1 is 1.17 bits per heavy atom. The van der Waals surface area contributed by atoms with Gasteiger partial charge >= 0.3 is 5.97 Å². The molecule has 6 nitrogen and oxygen atoms in total. The van der Waals surface area contributed by atoms with Gasteiger partial charge in [0.25, 0.3) is 5.91 Å². The average Bonchev–Trinajstić information content (AvgIpc) is 3.11. The van der Waals surface area contributed by atoms with E-state index in [0.29, 0.717) is 11.5 Å². The summed E-state index contributed by atoms with van der Waals surface area (Å²) in [5.74, 6) is -1.17. The van der Waals surface area contributed by atoms with E-state index in [9.17, 15) is 14.7 Å². The van der Waals surface area contributed by atoms with Crippen molar-refractivity contribution in [3.8, 4) is 0 Å². The highest BCUT2D eigenvalue weighted by Gasteiger charge is 2.25. The minimum absolute atomic E-state index is 0.234. The molecule has 0 aliphatic heterocycles. The number of benzene rings is 1. The number of nitrogens with one attached hydrogen (secondary N) is 2. The van der Waals surface area contributed by atoms with E-state index in [4.69, 9.17) is 0 Å². The standard InChI is InChI=1S/C18H21N3O3/c22-17(19-16(18(23)24)13-9-5-2-6-10-13)15-11-14(20-21-15)12-7-3-1-4-8-12/h2,5-6,9-12,16H,1,3-4,7-8H2,(H,19,22)(H,20,21)(H,23,24)/t16-/m1/s1.